The third kappa shape index (κ3) is 7.97. The van der Waals surface area contributed by atoms with Gasteiger partial charge < -0.3 is 15.0 Å². The molecule has 0 radical (unpaired) electrons. The first-order valence-corrected chi connectivity index (χ1v) is 15.1. The van der Waals surface area contributed by atoms with Crippen LogP contribution in [0.25, 0.3) is 0 Å². The molecule has 0 saturated carbocycles. The summed E-state index contributed by atoms with van der Waals surface area (Å²) in [6.45, 7) is 0.439. The van der Waals surface area contributed by atoms with E-state index in [9.17, 15) is 40.0 Å². The third-order valence-corrected chi connectivity index (χ3v) is 9.13. The second kappa shape index (κ2) is 12.8. The number of nitrogens with one attached hydrogen (secondary N) is 2. The highest BCUT2D eigenvalue weighted by molar-refractivity contribution is 7.89. The number of sulfonamides is 1. The number of nitrogens with zero attached hydrogens (tertiary/aromatic N) is 3. The molecule has 3 amide bonds. The topological polar surface area (TPSA) is 121 Å². The number of halogens is 5. The number of thiazole rings is 1. The molecule has 43 heavy (non-hydrogen) atoms. The number of benzene rings is 2. The highest BCUT2D eigenvalue weighted by atomic mass is 32.2. The number of aromatic nitrogens is 1. The quantitative estimate of drug-likeness (QED) is 0.323. The minimum absolute atomic E-state index is 0.109. The van der Waals surface area contributed by atoms with Gasteiger partial charge in [-0.05, 0) is 29.8 Å². The van der Waals surface area contributed by atoms with Crippen molar-refractivity contribution in [3.63, 3.8) is 0 Å². The molecular weight excluding hydrogens is 621 g/mol. The Balaban J connectivity index is 1.54. The van der Waals surface area contributed by atoms with Gasteiger partial charge in [0.1, 0.15) is 11.8 Å². The Labute approximate surface area is 247 Å². The molecule has 1 saturated heterocycles. The third-order valence-electron chi connectivity index (χ3n) is 6.52. The Kier molecular flexibility index (Phi) is 9.56. The minimum atomic E-state index is -4.98. The van der Waals surface area contributed by atoms with Gasteiger partial charge in [0, 0.05) is 49.7 Å². The number of alkyl halides is 5. The fourth-order valence-electron chi connectivity index (χ4n) is 4.23. The van der Waals surface area contributed by atoms with Crippen LogP contribution < -0.4 is 15.4 Å². The molecule has 1 aromatic heterocycles. The van der Waals surface area contributed by atoms with Crippen LogP contribution in [0.3, 0.4) is 0 Å². The molecule has 0 bridgehead atoms. The lowest BCUT2D eigenvalue weighted by Gasteiger charge is -2.39. The average molecular weight is 648 g/mol. The number of rotatable bonds is 9. The number of ether oxygens (including phenoxy) is 1. The second-order valence-electron chi connectivity index (χ2n) is 9.34. The lowest BCUT2D eigenvalue weighted by atomic mass is 10.0. The normalized spacial score (nSPS) is 16.5. The van der Waals surface area contributed by atoms with Crippen LogP contribution in [0.15, 0.2) is 65.0 Å². The molecule has 4 rings (SSSR count). The standard InChI is InChI=1S/C26H26F5N5O5S2/c1-2-25(27,28)18-5-3-17(4-6-18)15-33-22(37)21-16-35(24(38)34-23-32-11-14-42-23)12-13-36(21)43(39,40)20-9-7-19(8-10-20)41-26(29,30)31/h3-11,14,21H,2,12-13,15-16H2,1H3,(H,33,37)(H,32,34,38)/t21-/m1/s1. The number of piperazine rings is 1. The van der Waals surface area contributed by atoms with Gasteiger partial charge in [0.05, 0.1) is 4.90 Å². The Morgan fingerprint density at radius 3 is 2.30 bits per heavy atom. The molecule has 3 aromatic rings. The Morgan fingerprint density at radius 1 is 1.05 bits per heavy atom. The fraction of sp³-hybridized carbons (Fsp3) is 0.346. The van der Waals surface area contributed by atoms with Gasteiger partial charge in [0.15, 0.2) is 5.13 Å². The molecule has 2 N–H and O–H groups in total. The van der Waals surface area contributed by atoms with E-state index in [-0.39, 0.29) is 38.2 Å². The summed E-state index contributed by atoms with van der Waals surface area (Å²) in [7, 11) is -4.44. The van der Waals surface area contributed by atoms with Crippen LogP contribution in [0.4, 0.5) is 31.9 Å². The summed E-state index contributed by atoms with van der Waals surface area (Å²) in [6, 6.07) is 6.73. The van der Waals surface area contributed by atoms with Gasteiger partial charge in [-0.15, -0.1) is 24.5 Å². The van der Waals surface area contributed by atoms with Crippen molar-refractivity contribution < 1.29 is 44.7 Å². The van der Waals surface area contributed by atoms with Crippen molar-refractivity contribution in [3.05, 3.63) is 71.2 Å². The van der Waals surface area contributed by atoms with Gasteiger partial charge in [-0.2, -0.15) is 4.31 Å². The van der Waals surface area contributed by atoms with E-state index >= 15 is 0 Å². The van der Waals surface area contributed by atoms with Crippen LogP contribution in [0.5, 0.6) is 5.75 Å². The summed E-state index contributed by atoms with van der Waals surface area (Å²) in [4.78, 5) is 31.0. The zero-order chi connectivity index (χ0) is 31.4. The second-order valence-corrected chi connectivity index (χ2v) is 12.1. The average Bonchev–Trinajstić information content (AvgIpc) is 3.48. The predicted molar refractivity (Wildman–Crippen MR) is 146 cm³/mol. The number of urea groups is 1. The van der Waals surface area contributed by atoms with E-state index in [0.717, 1.165) is 39.9 Å². The molecule has 0 aliphatic carbocycles. The molecule has 17 heteroatoms. The van der Waals surface area contributed by atoms with Crippen molar-refractivity contribution >= 4 is 38.4 Å². The Morgan fingerprint density at radius 2 is 1.72 bits per heavy atom. The number of carbonyl (C=O) groups excluding carboxylic acids is 2. The van der Waals surface area contributed by atoms with Crippen LogP contribution >= 0.6 is 11.3 Å². The number of amides is 3. The summed E-state index contributed by atoms with van der Waals surface area (Å²) >= 11 is 1.16. The summed E-state index contributed by atoms with van der Waals surface area (Å²) in [5.41, 5.74) is 0.274. The smallest absolute Gasteiger partial charge is 0.406 e. The molecule has 1 aliphatic rings. The van der Waals surface area contributed by atoms with Crippen LogP contribution in [0, 0.1) is 0 Å². The molecule has 10 nitrogen and oxygen atoms in total. The number of anilines is 1. The maximum Gasteiger partial charge on any atom is 0.573 e. The Bertz CT molecular complexity index is 1520. The van der Waals surface area contributed by atoms with Gasteiger partial charge in [-0.1, -0.05) is 31.2 Å². The molecule has 232 valence electrons. The molecule has 0 unspecified atom stereocenters. The maximum atomic E-state index is 14.0. The van der Waals surface area contributed by atoms with E-state index in [2.05, 4.69) is 20.4 Å². The maximum absolute atomic E-state index is 14.0. The van der Waals surface area contributed by atoms with E-state index in [1.807, 2.05) is 0 Å². The summed E-state index contributed by atoms with van der Waals surface area (Å²) in [6.07, 6.45) is -3.89. The van der Waals surface area contributed by atoms with Crippen molar-refractivity contribution in [2.75, 3.05) is 25.0 Å². The highest BCUT2D eigenvalue weighted by Gasteiger charge is 2.41. The monoisotopic (exact) mass is 647 g/mol. The van der Waals surface area contributed by atoms with Crippen molar-refractivity contribution in [1.29, 1.82) is 0 Å². The fourth-order valence-corrected chi connectivity index (χ4v) is 6.32. The van der Waals surface area contributed by atoms with Crippen LogP contribution in [-0.4, -0.2) is 66.6 Å². The zero-order valence-corrected chi connectivity index (χ0v) is 24.1. The van der Waals surface area contributed by atoms with E-state index in [4.69, 9.17) is 0 Å². The van der Waals surface area contributed by atoms with Gasteiger partial charge >= 0.3 is 12.4 Å². The van der Waals surface area contributed by atoms with Crippen LogP contribution in [0.1, 0.15) is 24.5 Å². The number of hydrogen-bond donors (Lipinski definition) is 2. The zero-order valence-electron chi connectivity index (χ0n) is 22.5. The van der Waals surface area contributed by atoms with E-state index in [1.54, 1.807) is 5.38 Å². The molecule has 1 aliphatic heterocycles. The molecule has 0 spiro atoms. The van der Waals surface area contributed by atoms with Crippen LogP contribution in [0.2, 0.25) is 0 Å². The first-order chi connectivity index (χ1) is 20.2. The van der Waals surface area contributed by atoms with Crippen LogP contribution in [-0.2, 0) is 27.3 Å². The summed E-state index contributed by atoms with van der Waals surface area (Å²) in [5.74, 6) is -4.43. The van der Waals surface area contributed by atoms with Gasteiger partial charge in [-0.25, -0.2) is 27.0 Å². The highest BCUT2D eigenvalue weighted by Crippen LogP contribution is 2.31. The summed E-state index contributed by atoms with van der Waals surface area (Å²) in [5, 5.41) is 7.08. The number of hydrogen-bond acceptors (Lipinski definition) is 7. The Hall–Kier alpha value is -3.83. The molecule has 2 aromatic carbocycles. The minimum Gasteiger partial charge on any atom is -0.406 e. The largest absolute Gasteiger partial charge is 0.573 e. The SMILES string of the molecule is CCC(F)(F)c1ccc(CNC(=O)[C@H]2CN(C(=O)Nc3nccs3)CCN2S(=O)(=O)c2ccc(OC(F)(F)F)cc2)cc1. The molecule has 1 fully saturated rings. The van der Waals surface area contributed by atoms with Gasteiger partial charge in [0.25, 0.3) is 5.92 Å². The van der Waals surface area contributed by atoms with E-state index < -0.39 is 50.9 Å². The molecule has 2 heterocycles. The van der Waals surface area contributed by atoms with Gasteiger partial charge in [-0.3, -0.25) is 10.1 Å². The van der Waals surface area contributed by atoms with Crippen molar-refractivity contribution in [2.45, 2.75) is 43.1 Å². The number of carbonyl (C=O) groups is 2. The van der Waals surface area contributed by atoms with E-state index in [0.29, 0.717) is 10.7 Å². The molecule has 1 atom stereocenters. The van der Waals surface area contributed by atoms with E-state index in [1.165, 1.54) is 42.3 Å². The molecular formula is C26H26F5N5O5S2. The lowest BCUT2D eigenvalue weighted by Crippen LogP contribution is -2.61. The lowest BCUT2D eigenvalue weighted by molar-refractivity contribution is -0.274. The first kappa shape index (κ1) is 32.1. The predicted octanol–water partition coefficient (Wildman–Crippen LogP) is 4.77. The van der Waals surface area contributed by atoms with Gasteiger partial charge in [0.2, 0.25) is 15.9 Å². The first-order valence-electron chi connectivity index (χ1n) is 12.8. The van der Waals surface area contributed by atoms with Crippen molar-refractivity contribution in [2.24, 2.45) is 0 Å². The van der Waals surface area contributed by atoms with Crippen molar-refractivity contribution in [3.8, 4) is 5.75 Å². The van der Waals surface area contributed by atoms with Crippen molar-refractivity contribution in [1.82, 2.24) is 19.5 Å². The summed E-state index contributed by atoms with van der Waals surface area (Å²) < 4.78 is 97.3.